The first-order valence-electron chi connectivity index (χ1n) is 8.51. The lowest BCUT2D eigenvalue weighted by Crippen LogP contribution is -2.15. The van der Waals surface area contributed by atoms with Gasteiger partial charge in [0.15, 0.2) is 11.0 Å². The maximum atomic E-state index is 12.3. The highest BCUT2D eigenvalue weighted by Gasteiger charge is 2.15. The van der Waals surface area contributed by atoms with Crippen LogP contribution in [0.2, 0.25) is 0 Å². The number of hydrogen-bond acceptors (Lipinski definition) is 5. The average Bonchev–Trinajstić information content (AvgIpc) is 3.06. The Labute approximate surface area is 157 Å². The number of carbonyl (C=O) groups is 1. The van der Waals surface area contributed by atoms with E-state index >= 15 is 0 Å². The largest absolute Gasteiger partial charge is 0.325 e. The quantitative estimate of drug-likeness (QED) is 0.643. The third kappa shape index (κ3) is 4.29. The van der Waals surface area contributed by atoms with Gasteiger partial charge in [0.25, 0.3) is 0 Å². The van der Waals surface area contributed by atoms with Crippen LogP contribution in [0.25, 0.3) is 11.4 Å². The maximum absolute atomic E-state index is 12.3. The SMILES string of the molecule is CCCn1c(SCC(=O)Nc2ccccc2C)nnc1-c1cccnc1. The molecular weight excluding hydrogens is 346 g/mol. The molecule has 3 rings (SSSR count). The molecule has 134 valence electrons. The van der Waals surface area contributed by atoms with E-state index in [1.54, 1.807) is 12.4 Å². The van der Waals surface area contributed by atoms with Gasteiger partial charge < -0.3 is 9.88 Å². The molecule has 0 aliphatic heterocycles. The number of pyridine rings is 1. The van der Waals surface area contributed by atoms with Gasteiger partial charge in [-0.1, -0.05) is 36.9 Å². The summed E-state index contributed by atoms with van der Waals surface area (Å²) in [4.78, 5) is 16.4. The Kier molecular flexibility index (Phi) is 6.01. The van der Waals surface area contributed by atoms with Gasteiger partial charge in [-0.15, -0.1) is 10.2 Å². The van der Waals surface area contributed by atoms with E-state index in [9.17, 15) is 4.79 Å². The van der Waals surface area contributed by atoms with Crippen LogP contribution < -0.4 is 5.32 Å². The second kappa shape index (κ2) is 8.62. The van der Waals surface area contributed by atoms with Crippen LogP contribution in [0.5, 0.6) is 0 Å². The monoisotopic (exact) mass is 367 g/mol. The lowest BCUT2D eigenvalue weighted by molar-refractivity contribution is -0.113. The van der Waals surface area contributed by atoms with E-state index in [0.29, 0.717) is 0 Å². The van der Waals surface area contributed by atoms with Gasteiger partial charge in [0.05, 0.1) is 5.75 Å². The molecule has 0 saturated heterocycles. The standard InChI is InChI=1S/C19H21N5OS/c1-3-11-24-18(15-8-6-10-20-12-15)22-23-19(24)26-13-17(25)21-16-9-5-4-7-14(16)2/h4-10,12H,3,11,13H2,1-2H3,(H,21,25). The van der Waals surface area contributed by atoms with E-state index in [-0.39, 0.29) is 11.7 Å². The summed E-state index contributed by atoms with van der Waals surface area (Å²) < 4.78 is 2.04. The van der Waals surface area contributed by atoms with E-state index in [2.05, 4.69) is 27.4 Å². The molecule has 0 unspecified atom stereocenters. The van der Waals surface area contributed by atoms with Crippen LogP contribution in [0.4, 0.5) is 5.69 Å². The summed E-state index contributed by atoms with van der Waals surface area (Å²) >= 11 is 1.39. The molecule has 0 aliphatic rings. The van der Waals surface area contributed by atoms with Crippen molar-refractivity contribution in [1.82, 2.24) is 19.7 Å². The zero-order chi connectivity index (χ0) is 18.4. The van der Waals surface area contributed by atoms with Crippen molar-refractivity contribution in [3.05, 3.63) is 54.4 Å². The van der Waals surface area contributed by atoms with Crippen molar-refractivity contribution in [3.63, 3.8) is 0 Å². The number of rotatable bonds is 7. The number of amides is 1. The van der Waals surface area contributed by atoms with Crippen LogP contribution in [-0.2, 0) is 11.3 Å². The Morgan fingerprint density at radius 1 is 1.19 bits per heavy atom. The molecule has 2 heterocycles. The van der Waals surface area contributed by atoms with Crippen molar-refractivity contribution in [3.8, 4) is 11.4 Å². The molecular formula is C19H21N5OS. The Morgan fingerprint density at radius 3 is 2.77 bits per heavy atom. The fraction of sp³-hybridized carbons (Fsp3) is 0.263. The number of benzene rings is 1. The Hall–Kier alpha value is -2.67. The molecule has 1 amide bonds. The molecule has 2 aromatic heterocycles. The van der Waals surface area contributed by atoms with E-state index < -0.39 is 0 Å². The lowest BCUT2D eigenvalue weighted by Gasteiger charge is -2.10. The van der Waals surface area contributed by atoms with Crippen molar-refractivity contribution >= 4 is 23.4 Å². The minimum Gasteiger partial charge on any atom is -0.325 e. The van der Waals surface area contributed by atoms with Gasteiger partial charge in [-0.2, -0.15) is 0 Å². The highest BCUT2D eigenvalue weighted by molar-refractivity contribution is 7.99. The van der Waals surface area contributed by atoms with E-state index in [4.69, 9.17) is 0 Å². The molecule has 0 saturated carbocycles. The van der Waals surface area contributed by atoms with Gasteiger partial charge in [-0.25, -0.2) is 0 Å². The highest BCUT2D eigenvalue weighted by Crippen LogP contribution is 2.24. The summed E-state index contributed by atoms with van der Waals surface area (Å²) in [6.07, 6.45) is 4.46. The molecule has 1 N–H and O–H groups in total. The number of thioether (sulfide) groups is 1. The van der Waals surface area contributed by atoms with Gasteiger partial charge >= 0.3 is 0 Å². The fourth-order valence-electron chi connectivity index (χ4n) is 2.56. The van der Waals surface area contributed by atoms with E-state index in [1.807, 2.05) is 47.9 Å². The molecule has 0 aliphatic carbocycles. The third-order valence-electron chi connectivity index (χ3n) is 3.84. The van der Waals surface area contributed by atoms with Crippen LogP contribution in [-0.4, -0.2) is 31.4 Å². The second-order valence-electron chi connectivity index (χ2n) is 5.85. The first kappa shape index (κ1) is 18.1. The first-order chi connectivity index (χ1) is 12.7. The number of nitrogens with one attached hydrogen (secondary N) is 1. The summed E-state index contributed by atoms with van der Waals surface area (Å²) in [5, 5.41) is 12.3. The third-order valence-corrected chi connectivity index (χ3v) is 4.80. The number of aromatic nitrogens is 4. The van der Waals surface area contributed by atoms with E-state index in [0.717, 1.165) is 40.8 Å². The molecule has 7 heteroatoms. The summed E-state index contributed by atoms with van der Waals surface area (Å²) in [5.41, 5.74) is 2.80. The van der Waals surface area contributed by atoms with Crippen molar-refractivity contribution in [2.45, 2.75) is 32.0 Å². The van der Waals surface area contributed by atoms with Gasteiger partial charge in [-0.3, -0.25) is 9.78 Å². The molecule has 1 aromatic carbocycles. The van der Waals surface area contributed by atoms with Crippen molar-refractivity contribution in [2.24, 2.45) is 0 Å². The molecule has 0 radical (unpaired) electrons. The number of nitrogens with zero attached hydrogens (tertiary/aromatic N) is 4. The predicted molar refractivity (Wildman–Crippen MR) is 104 cm³/mol. The smallest absolute Gasteiger partial charge is 0.234 e. The highest BCUT2D eigenvalue weighted by atomic mass is 32.2. The zero-order valence-corrected chi connectivity index (χ0v) is 15.7. The molecule has 3 aromatic rings. The minimum absolute atomic E-state index is 0.0572. The number of carbonyl (C=O) groups excluding carboxylic acids is 1. The van der Waals surface area contributed by atoms with Crippen LogP contribution in [0.3, 0.4) is 0 Å². The maximum Gasteiger partial charge on any atom is 0.234 e. The van der Waals surface area contributed by atoms with Crippen molar-refractivity contribution in [1.29, 1.82) is 0 Å². The first-order valence-corrected chi connectivity index (χ1v) is 9.49. The van der Waals surface area contributed by atoms with Gasteiger partial charge in [-0.05, 0) is 37.1 Å². The summed E-state index contributed by atoms with van der Waals surface area (Å²) in [5.74, 6) is 1.00. The van der Waals surface area contributed by atoms with Gasteiger partial charge in [0.2, 0.25) is 5.91 Å². The van der Waals surface area contributed by atoms with Crippen molar-refractivity contribution < 1.29 is 4.79 Å². The minimum atomic E-state index is -0.0572. The normalized spacial score (nSPS) is 10.7. The fourth-order valence-corrected chi connectivity index (χ4v) is 3.32. The van der Waals surface area contributed by atoms with E-state index in [1.165, 1.54) is 11.8 Å². The van der Waals surface area contributed by atoms with Crippen LogP contribution >= 0.6 is 11.8 Å². The number of anilines is 1. The molecule has 26 heavy (non-hydrogen) atoms. The van der Waals surface area contributed by atoms with Crippen LogP contribution in [0.15, 0.2) is 53.9 Å². The Balaban J connectivity index is 1.71. The molecule has 0 fully saturated rings. The average molecular weight is 367 g/mol. The Morgan fingerprint density at radius 2 is 2.04 bits per heavy atom. The lowest BCUT2D eigenvalue weighted by atomic mass is 10.2. The summed E-state index contributed by atoms with van der Waals surface area (Å²) in [7, 11) is 0. The van der Waals surface area contributed by atoms with Gasteiger partial charge in [0.1, 0.15) is 0 Å². The Bertz CT molecular complexity index is 879. The van der Waals surface area contributed by atoms with Crippen LogP contribution in [0, 0.1) is 6.92 Å². The molecule has 0 spiro atoms. The van der Waals surface area contributed by atoms with Gasteiger partial charge in [0, 0.05) is 30.2 Å². The number of hydrogen-bond donors (Lipinski definition) is 1. The molecule has 6 nitrogen and oxygen atoms in total. The zero-order valence-electron chi connectivity index (χ0n) is 14.8. The van der Waals surface area contributed by atoms with Crippen molar-refractivity contribution in [2.75, 3.05) is 11.1 Å². The molecule has 0 bridgehead atoms. The number of aryl methyl sites for hydroxylation is 1. The molecule has 0 atom stereocenters. The summed E-state index contributed by atoms with van der Waals surface area (Å²) in [6, 6.07) is 11.6. The topological polar surface area (TPSA) is 72.7 Å². The number of para-hydroxylation sites is 1. The second-order valence-corrected chi connectivity index (χ2v) is 6.79. The summed E-state index contributed by atoms with van der Waals surface area (Å²) in [6.45, 7) is 4.87. The predicted octanol–water partition coefficient (Wildman–Crippen LogP) is 3.79. The van der Waals surface area contributed by atoms with Crippen LogP contribution in [0.1, 0.15) is 18.9 Å².